The fourth-order valence-electron chi connectivity index (χ4n) is 11.2. The first-order valence-corrected chi connectivity index (χ1v) is 21.2. The van der Waals surface area contributed by atoms with Gasteiger partial charge in [0, 0.05) is 92.1 Å². The molecule has 2 bridgehead atoms. The molecule has 308 valence electrons. The van der Waals surface area contributed by atoms with E-state index in [2.05, 4.69) is 70.0 Å². The Kier molecular flexibility index (Phi) is 9.87. The van der Waals surface area contributed by atoms with Crippen molar-refractivity contribution in [1.82, 2.24) is 25.4 Å². The number of rotatable bonds is 9. The Bertz CT molecular complexity index is 2230. The van der Waals surface area contributed by atoms with Crippen molar-refractivity contribution >= 4 is 52.4 Å². The predicted molar refractivity (Wildman–Crippen MR) is 224 cm³/mol. The summed E-state index contributed by atoms with van der Waals surface area (Å²) in [6.45, 7) is 21.0. The molecule has 4 saturated heterocycles. The fourth-order valence-corrected chi connectivity index (χ4v) is 11.4. The number of amides is 4. The average Bonchev–Trinajstić information content (AvgIpc) is 3.91. The maximum atomic E-state index is 13.5. The monoisotopic (exact) mass is 818 g/mol. The molecule has 3 atom stereocenters. The molecule has 6 aliphatic rings. The second-order valence-corrected chi connectivity index (χ2v) is 18.9. The molecular formula is C45H51ClN8O5. The van der Waals surface area contributed by atoms with Crippen LogP contribution in [0.4, 0.5) is 17.2 Å². The Hall–Kier alpha value is -5.19. The number of pyridine rings is 1. The zero-order chi connectivity index (χ0) is 41.4. The summed E-state index contributed by atoms with van der Waals surface area (Å²) in [6, 6.07) is 15.3. The SMILES string of the molecule is [C-]#[N+]c1ccc(OC2C(C)(C)C(NC(=O)c3ccc(N4CCC(CN5C[C@H]6C[C@@H]5CN6c5ccc6c(c5)CN(C5CCC(=O)NC5=O)C6=O)CC4)nc3)C2(C)C)cc1Cl. The zero-order valence-electron chi connectivity index (χ0n) is 34.0. The van der Waals surface area contributed by atoms with Crippen molar-refractivity contribution in [2.75, 3.05) is 42.5 Å². The molecule has 5 aliphatic heterocycles. The third-order valence-corrected chi connectivity index (χ3v) is 14.3. The highest BCUT2D eigenvalue weighted by Crippen LogP contribution is 2.56. The fraction of sp³-hybridized carbons (Fsp3) is 0.511. The van der Waals surface area contributed by atoms with Crippen molar-refractivity contribution in [2.24, 2.45) is 16.7 Å². The van der Waals surface area contributed by atoms with Crippen LogP contribution in [0.5, 0.6) is 5.75 Å². The summed E-state index contributed by atoms with van der Waals surface area (Å²) in [4.78, 5) is 68.1. The number of anilines is 2. The van der Waals surface area contributed by atoms with Crippen LogP contribution in [-0.2, 0) is 16.1 Å². The third-order valence-electron chi connectivity index (χ3n) is 14.0. The van der Waals surface area contributed by atoms with Gasteiger partial charge in [-0.05, 0) is 79.6 Å². The van der Waals surface area contributed by atoms with Gasteiger partial charge in [-0.1, -0.05) is 45.4 Å². The Balaban J connectivity index is 0.739. The number of piperidine rings is 2. The number of fused-ring (bicyclic) bond motifs is 3. The van der Waals surface area contributed by atoms with Crippen molar-refractivity contribution in [3.8, 4) is 5.75 Å². The highest BCUT2D eigenvalue weighted by atomic mass is 35.5. The minimum absolute atomic E-state index is 0.134. The highest BCUT2D eigenvalue weighted by Gasteiger charge is 2.64. The molecule has 3 aromatic rings. The van der Waals surface area contributed by atoms with Crippen LogP contribution >= 0.6 is 11.6 Å². The smallest absolute Gasteiger partial charge is 0.255 e. The maximum Gasteiger partial charge on any atom is 0.255 e. The molecule has 1 unspecified atom stereocenters. The van der Waals surface area contributed by atoms with Gasteiger partial charge in [0.25, 0.3) is 11.8 Å². The number of nitrogens with one attached hydrogen (secondary N) is 2. The molecule has 1 aliphatic carbocycles. The Morgan fingerprint density at radius 2 is 1.76 bits per heavy atom. The standard InChI is InChI=1S/C45H51ClN8O5/c1-44(2)42(45(3,4)43(44)59-32-8-10-35(47-5)34(46)20-32)50-39(56)27-6-12-37(48-21-27)51-16-14-26(15-17-51)22-52-24-31-19-30(52)25-53(31)29-7-9-33-28(18-29)23-54(41(33)58)36-11-13-38(55)49-40(36)57/h6-10,12,18,20-21,26,30-31,36,42-43H,11,13-17,19,22-25H2,1-4H3,(H,50,56)(H,49,55,57)/t30-,31-,36?,42?,43?/m1/s1. The number of aromatic nitrogens is 1. The normalized spacial score (nSPS) is 27.3. The number of halogens is 1. The average molecular weight is 819 g/mol. The van der Waals surface area contributed by atoms with Crippen LogP contribution in [0.1, 0.15) is 86.1 Å². The van der Waals surface area contributed by atoms with Gasteiger partial charge in [-0.15, -0.1) is 0 Å². The third kappa shape index (κ3) is 6.97. The van der Waals surface area contributed by atoms with Crippen molar-refractivity contribution in [2.45, 2.75) is 96.6 Å². The minimum Gasteiger partial charge on any atom is -0.489 e. The Morgan fingerprint density at radius 1 is 0.983 bits per heavy atom. The first kappa shape index (κ1) is 39.3. The van der Waals surface area contributed by atoms with E-state index in [-0.39, 0.29) is 53.0 Å². The molecule has 0 radical (unpaired) electrons. The molecule has 5 fully saturated rings. The van der Waals surface area contributed by atoms with Gasteiger partial charge in [0.2, 0.25) is 17.5 Å². The lowest BCUT2D eigenvalue weighted by Gasteiger charge is -2.63. The van der Waals surface area contributed by atoms with Crippen LogP contribution in [-0.4, -0.2) is 101 Å². The number of hydrogen-bond donors (Lipinski definition) is 2. The number of carbonyl (C=O) groups is 4. The van der Waals surface area contributed by atoms with Crippen molar-refractivity contribution in [1.29, 1.82) is 0 Å². The number of hydrogen-bond acceptors (Lipinski definition) is 9. The second-order valence-electron chi connectivity index (χ2n) is 18.5. The van der Waals surface area contributed by atoms with Crippen LogP contribution in [0.2, 0.25) is 5.02 Å². The van der Waals surface area contributed by atoms with Gasteiger partial charge in [-0.2, -0.15) is 0 Å². The van der Waals surface area contributed by atoms with E-state index in [1.807, 2.05) is 18.2 Å². The van der Waals surface area contributed by atoms with E-state index in [0.717, 1.165) is 69.1 Å². The van der Waals surface area contributed by atoms with Gasteiger partial charge in [0.1, 0.15) is 23.7 Å². The van der Waals surface area contributed by atoms with Crippen molar-refractivity contribution < 1.29 is 23.9 Å². The Labute approximate surface area is 350 Å². The van der Waals surface area contributed by atoms with E-state index in [1.165, 1.54) is 0 Å². The molecule has 4 amide bonds. The first-order chi connectivity index (χ1) is 28.2. The molecular weight excluding hydrogens is 768 g/mol. The van der Waals surface area contributed by atoms with Crippen LogP contribution < -0.4 is 25.2 Å². The number of benzene rings is 2. The summed E-state index contributed by atoms with van der Waals surface area (Å²) in [5.74, 6) is 1.17. The largest absolute Gasteiger partial charge is 0.489 e. The Morgan fingerprint density at radius 3 is 2.42 bits per heavy atom. The van der Waals surface area contributed by atoms with Crippen LogP contribution in [0, 0.1) is 23.3 Å². The number of nitrogens with zero attached hydrogens (tertiary/aromatic N) is 6. The van der Waals surface area contributed by atoms with E-state index < -0.39 is 6.04 Å². The van der Waals surface area contributed by atoms with Gasteiger partial charge in [-0.25, -0.2) is 9.83 Å². The lowest BCUT2D eigenvalue weighted by Crippen LogP contribution is -2.74. The minimum atomic E-state index is -0.603. The lowest BCUT2D eigenvalue weighted by molar-refractivity contribution is -0.164. The van der Waals surface area contributed by atoms with Gasteiger partial charge in [0.05, 0.1) is 17.2 Å². The zero-order valence-corrected chi connectivity index (χ0v) is 34.8. The molecule has 2 aromatic carbocycles. The molecule has 1 saturated carbocycles. The van der Waals surface area contributed by atoms with Gasteiger partial charge < -0.3 is 24.8 Å². The molecule has 1 aromatic heterocycles. The van der Waals surface area contributed by atoms with Gasteiger partial charge >= 0.3 is 0 Å². The van der Waals surface area contributed by atoms with Crippen LogP contribution in [0.15, 0.2) is 54.7 Å². The van der Waals surface area contributed by atoms with E-state index in [4.69, 9.17) is 27.9 Å². The first-order valence-electron chi connectivity index (χ1n) is 20.8. The predicted octanol–water partition coefficient (Wildman–Crippen LogP) is 5.84. The van der Waals surface area contributed by atoms with E-state index in [9.17, 15) is 19.2 Å². The van der Waals surface area contributed by atoms with Crippen LogP contribution in [0.25, 0.3) is 4.85 Å². The molecule has 13 nitrogen and oxygen atoms in total. The summed E-state index contributed by atoms with van der Waals surface area (Å²) in [6.07, 6.45) is 5.45. The number of ether oxygens (including phenoxy) is 1. The van der Waals surface area contributed by atoms with Gasteiger partial charge in [-0.3, -0.25) is 29.4 Å². The maximum absolute atomic E-state index is 13.5. The van der Waals surface area contributed by atoms with Gasteiger partial charge in [0.15, 0.2) is 0 Å². The second kappa shape index (κ2) is 14.8. The number of carbonyl (C=O) groups excluding carboxylic acids is 4. The topological polar surface area (TPSA) is 132 Å². The molecule has 6 heterocycles. The van der Waals surface area contributed by atoms with E-state index in [0.29, 0.717) is 58.6 Å². The summed E-state index contributed by atoms with van der Waals surface area (Å²) < 4.78 is 6.39. The molecule has 59 heavy (non-hydrogen) atoms. The summed E-state index contributed by atoms with van der Waals surface area (Å²) in [5.41, 5.74) is 2.95. The molecule has 9 rings (SSSR count). The van der Waals surface area contributed by atoms with Crippen LogP contribution in [0.3, 0.4) is 0 Å². The van der Waals surface area contributed by atoms with Crippen molar-refractivity contribution in [3.05, 3.63) is 87.9 Å². The molecule has 14 heteroatoms. The lowest BCUT2D eigenvalue weighted by atomic mass is 9.49. The molecule has 2 N–H and O–H groups in total. The summed E-state index contributed by atoms with van der Waals surface area (Å²) >= 11 is 6.27. The summed E-state index contributed by atoms with van der Waals surface area (Å²) in [5, 5.41) is 6.01. The number of imide groups is 1. The van der Waals surface area contributed by atoms with E-state index in [1.54, 1.807) is 29.3 Å². The highest BCUT2D eigenvalue weighted by molar-refractivity contribution is 6.33. The number of piperazine rings is 1. The van der Waals surface area contributed by atoms with Crippen molar-refractivity contribution in [3.63, 3.8) is 0 Å². The quantitative estimate of drug-likeness (QED) is 0.202. The molecule has 0 spiro atoms. The number of likely N-dealkylation sites (tertiary alicyclic amines) is 1. The van der Waals surface area contributed by atoms with E-state index >= 15 is 0 Å². The summed E-state index contributed by atoms with van der Waals surface area (Å²) in [7, 11) is 0.